The fraction of sp³-hybridized carbons (Fsp3) is 0.471. The largest absolute Gasteiger partial charge is 0.342 e. The molecule has 0 N–H and O–H groups in total. The maximum atomic E-state index is 12.3. The molecule has 2 heterocycles. The first-order valence-corrected chi connectivity index (χ1v) is 10.2. The van der Waals surface area contributed by atoms with Crippen LogP contribution in [0, 0.1) is 0 Å². The van der Waals surface area contributed by atoms with Crippen LogP contribution in [0.15, 0.2) is 28.8 Å². The highest BCUT2D eigenvalue weighted by Crippen LogP contribution is 2.25. The molecule has 134 valence electrons. The zero-order valence-electron chi connectivity index (χ0n) is 13.8. The zero-order chi connectivity index (χ0) is 17.6. The molecule has 2 aromatic rings. The van der Waals surface area contributed by atoms with Crippen molar-refractivity contribution >= 4 is 28.3 Å². The molecule has 8 heteroatoms. The summed E-state index contributed by atoms with van der Waals surface area (Å²) in [6.45, 7) is 1.52. The Balaban J connectivity index is 1.58. The second kappa shape index (κ2) is 8.58. The first-order valence-electron chi connectivity index (χ1n) is 8.34. The molecule has 3 rings (SSSR count). The molecule has 1 atom stereocenters. The van der Waals surface area contributed by atoms with Gasteiger partial charge in [0.25, 0.3) is 5.89 Å². The summed E-state index contributed by atoms with van der Waals surface area (Å²) in [4.78, 5) is 18.3. The zero-order valence-corrected chi connectivity index (χ0v) is 15.4. The Morgan fingerprint density at radius 3 is 2.64 bits per heavy atom. The molecular weight excluding hydrogens is 362 g/mol. The lowest BCUT2D eigenvalue weighted by molar-refractivity contribution is -0.128. The van der Waals surface area contributed by atoms with Gasteiger partial charge in [0.05, 0.1) is 16.3 Å². The van der Waals surface area contributed by atoms with E-state index in [9.17, 15) is 9.00 Å². The van der Waals surface area contributed by atoms with Gasteiger partial charge in [-0.1, -0.05) is 41.7 Å². The highest BCUT2D eigenvalue weighted by molar-refractivity contribution is 7.84. The number of halogens is 1. The van der Waals surface area contributed by atoms with E-state index < -0.39 is 10.8 Å². The van der Waals surface area contributed by atoms with Crippen molar-refractivity contribution < 1.29 is 13.5 Å². The highest BCUT2D eigenvalue weighted by atomic mass is 35.5. The summed E-state index contributed by atoms with van der Waals surface area (Å²) in [7, 11) is -1.37. The standard InChI is InChI=1S/C17H20ClN3O3S/c18-14-8-4-3-7-13(14)17-19-15(20-24-17)11-25(23)12-16(22)21-9-5-1-2-6-10-21/h3-4,7-8H,1-2,5-6,9-12H2/t25-/m1/s1. The van der Waals surface area contributed by atoms with Crippen LogP contribution in [0.4, 0.5) is 0 Å². The van der Waals surface area contributed by atoms with Gasteiger partial charge >= 0.3 is 0 Å². The third-order valence-electron chi connectivity index (χ3n) is 4.11. The van der Waals surface area contributed by atoms with Crippen molar-refractivity contribution in [3.05, 3.63) is 35.1 Å². The Bertz CT molecular complexity index is 757. The topological polar surface area (TPSA) is 76.3 Å². The summed E-state index contributed by atoms with van der Waals surface area (Å²) in [6.07, 6.45) is 4.34. The average Bonchev–Trinajstić information content (AvgIpc) is 2.87. The lowest BCUT2D eigenvalue weighted by Crippen LogP contribution is -2.35. The third-order valence-corrected chi connectivity index (χ3v) is 5.58. The van der Waals surface area contributed by atoms with Crippen LogP contribution in [0.25, 0.3) is 11.5 Å². The van der Waals surface area contributed by atoms with E-state index in [0.717, 1.165) is 38.8 Å². The van der Waals surface area contributed by atoms with E-state index in [2.05, 4.69) is 10.1 Å². The van der Waals surface area contributed by atoms with E-state index in [1.54, 1.807) is 12.1 Å². The summed E-state index contributed by atoms with van der Waals surface area (Å²) >= 11 is 6.10. The number of benzene rings is 1. The normalized spacial score (nSPS) is 16.4. The minimum absolute atomic E-state index is 0.00400. The fourth-order valence-electron chi connectivity index (χ4n) is 2.80. The van der Waals surface area contributed by atoms with Crippen LogP contribution in [0.5, 0.6) is 0 Å². The van der Waals surface area contributed by atoms with Crippen molar-refractivity contribution in [2.45, 2.75) is 31.4 Å². The minimum Gasteiger partial charge on any atom is -0.342 e. The third kappa shape index (κ3) is 4.89. The predicted molar refractivity (Wildman–Crippen MR) is 96.5 cm³/mol. The molecule has 1 amide bonds. The lowest BCUT2D eigenvalue weighted by Gasteiger charge is -2.19. The number of carbonyl (C=O) groups excluding carboxylic acids is 1. The Kier molecular flexibility index (Phi) is 6.20. The van der Waals surface area contributed by atoms with E-state index in [4.69, 9.17) is 16.1 Å². The number of hydrogen-bond acceptors (Lipinski definition) is 5. The molecule has 1 aromatic carbocycles. The molecule has 25 heavy (non-hydrogen) atoms. The van der Waals surface area contributed by atoms with E-state index in [-0.39, 0.29) is 23.3 Å². The first kappa shape index (κ1) is 18.1. The van der Waals surface area contributed by atoms with Gasteiger partial charge in [-0.2, -0.15) is 4.98 Å². The molecule has 0 radical (unpaired) electrons. The van der Waals surface area contributed by atoms with Gasteiger partial charge in [-0.3, -0.25) is 9.00 Å². The predicted octanol–water partition coefficient (Wildman–Crippen LogP) is 3.04. The van der Waals surface area contributed by atoms with Crippen molar-refractivity contribution in [3.63, 3.8) is 0 Å². The number of nitrogens with zero attached hydrogens (tertiary/aromatic N) is 3. The van der Waals surface area contributed by atoms with Gasteiger partial charge in [0.15, 0.2) is 5.82 Å². The Morgan fingerprint density at radius 1 is 1.20 bits per heavy atom. The molecule has 0 spiro atoms. The summed E-state index contributed by atoms with van der Waals surface area (Å²) < 4.78 is 17.5. The molecule has 1 aliphatic heterocycles. The molecule has 6 nitrogen and oxygen atoms in total. The van der Waals surface area contributed by atoms with Crippen molar-refractivity contribution in [3.8, 4) is 11.5 Å². The van der Waals surface area contributed by atoms with Gasteiger partial charge < -0.3 is 9.42 Å². The second-order valence-corrected chi connectivity index (χ2v) is 7.88. The van der Waals surface area contributed by atoms with Crippen LogP contribution < -0.4 is 0 Å². The van der Waals surface area contributed by atoms with Crippen LogP contribution in [0.3, 0.4) is 0 Å². The number of rotatable bonds is 5. The molecule has 1 aliphatic rings. The fourth-order valence-corrected chi connectivity index (χ4v) is 3.98. The van der Waals surface area contributed by atoms with Gasteiger partial charge in [0.1, 0.15) is 5.75 Å². The van der Waals surface area contributed by atoms with Crippen LogP contribution >= 0.6 is 11.6 Å². The van der Waals surface area contributed by atoms with Gasteiger partial charge in [-0.15, -0.1) is 0 Å². The monoisotopic (exact) mass is 381 g/mol. The maximum Gasteiger partial charge on any atom is 0.259 e. The van der Waals surface area contributed by atoms with E-state index >= 15 is 0 Å². The van der Waals surface area contributed by atoms with Gasteiger partial charge in [-0.25, -0.2) is 0 Å². The lowest BCUT2D eigenvalue weighted by atomic mass is 10.2. The maximum absolute atomic E-state index is 12.3. The Hall–Kier alpha value is -1.73. The molecule has 1 saturated heterocycles. The van der Waals surface area contributed by atoms with E-state index in [1.807, 2.05) is 17.0 Å². The average molecular weight is 382 g/mol. The van der Waals surface area contributed by atoms with E-state index in [0.29, 0.717) is 16.4 Å². The van der Waals surface area contributed by atoms with Crippen LogP contribution in [-0.4, -0.2) is 44.0 Å². The molecular formula is C17H20ClN3O3S. The molecule has 0 saturated carbocycles. The Labute approximate surface area is 154 Å². The van der Waals surface area contributed by atoms with Crippen molar-refractivity contribution in [2.75, 3.05) is 18.8 Å². The minimum atomic E-state index is -1.37. The summed E-state index contributed by atoms with van der Waals surface area (Å²) in [5, 5.41) is 4.36. The first-order chi connectivity index (χ1) is 12.1. The highest BCUT2D eigenvalue weighted by Gasteiger charge is 2.20. The Morgan fingerprint density at radius 2 is 1.92 bits per heavy atom. The van der Waals surface area contributed by atoms with Gasteiger partial charge in [0, 0.05) is 23.9 Å². The second-order valence-electron chi connectivity index (χ2n) is 6.02. The van der Waals surface area contributed by atoms with Crippen LogP contribution in [-0.2, 0) is 21.3 Å². The molecule has 0 aliphatic carbocycles. The number of hydrogen-bond donors (Lipinski definition) is 0. The quantitative estimate of drug-likeness (QED) is 0.795. The van der Waals surface area contributed by atoms with Crippen molar-refractivity contribution in [1.29, 1.82) is 0 Å². The summed E-state index contributed by atoms with van der Waals surface area (Å²) in [6, 6.07) is 7.15. The van der Waals surface area contributed by atoms with Crippen LogP contribution in [0.2, 0.25) is 5.02 Å². The summed E-state index contributed by atoms with van der Waals surface area (Å²) in [5.74, 6) is 0.632. The molecule has 1 fully saturated rings. The number of carbonyl (C=O) groups is 1. The SMILES string of the molecule is O=C(C[S@](=O)Cc1noc(-c2ccccc2Cl)n1)N1CCCCCC1. The number of likely N-dealkylation sites (tertiary alicyclic amines) is 1. The molecule has 1 aromatic heterocycles. The van der Waals surface area contributed by atoms with Crippen molar-refractivity contribution in [2.24, 2.45) is 0 Å². The number of amides is 1. The number of aromatic nitrogens is 2. The smallest absolute Gasteiger partial charge is 0.259 e. The van der Waals surface area contributed by atoms with Gasteiger partial charge in [-0.05, 0) is 25.0 Å². The summed E-state index contributed by atoms with van der Waals surface area (Å²) in [5.41, 5.74) is 0.634. The van der Waals surface area contributed by atoms with Gasteiger partial charge in [0.2, 0.25) is 5.91 Å². The van der Waals surface area contributed by atoms with Crippen LogP contribution in [0.1, 0.15) is 31.5 Å². The molecule has 0 bridgehead atoms. The molecule has 0 unspecified atom stereocenters. The van der Waals surface area contributed by atoms with Crippen molar-refractivity contribution in [1.82, 2.24) is 15.0 Å². The van der Waals surface area contributed by atoms with E-state index in [1.165, 1.54) is 0 Å².